The van der Waals surface area contributed by atoms with Gasteiger partial charge in [-0.05, 0) is 99.3 Å². The zero-order valence-corrected chi connectivity index (χ0v) is 16.0. The predicted octanol–water partition coefficient (Wildman–Crippen LogP) is 5.24. The summed E-state index contributed by atoms with van der Waals surface area (Å²) in [5, 5.41) is 5.94. The molecule has 1 atom stereocenters. The Bertz CT molecular complexity index is 507. The van der Waals surface area contributed by atoms with Crippen LogP contribution in [0.2, 0.25) is 0 Å². The first-order chi connectivity index (χ1) is 9.19. The molecule has 1 N–H and O–H groups in total. The molecule has 102 valence electrons. The number of thiophene rings is 1. The van der Waals surface area contributed by atoms with Crippen LogP contribution in [0, 0.1) is 6.45 Å². The molecule has 4 heteroatoms. The molecule has 0 bridgehead atoms. The number of rotatable bonds is 6. The smallest absolute Gasteiger partial charge is 0.0656 e. The minimum absolute atomic E-state index is 0.430. The number of benzene rings is 1. The quantitative estimate of drug-likeness (QED) is 0.539. The summed E-state index contributed by atoms with van der Waals surface area (Å²) < 4.78 is 2.66. The Hall–Kier alpha value is 0.340. The van der Waals surface area contributed by atoms with Gasteiger partial charge in [-0.1, -0.05) is 19.1 Å². The molecule has 0 aliphatic heterocycles. The van der Waals surface area contributed by atoms with Crippen molar-refractivity contribution >= 4 is 56.5 Å². The molecule has 0 aliphatic carbocycles. The van der Waals surface area contributed by atoms with Crippen molar-refractivity contribution in [2.45, 2.75) is 25.8 Å². The van der Waals surface area contributed by atoms with Gasteiger partial charge in [0.05, 0.1) is 2.88 Å². The van der Waals surface area contributed by atoms with E-state index < -0.39 is 0 Å². The first kappa shape index (κ1) is 15.7. The number of hydrogen-bond acceptors (Lipinski definition) is 2. The van der Waals surface area contributed by atoms with E-state index in [2.05, 4.69) is 93.1 Å². The summed E-state index contributed by atoms with van der Waals surface area (Å²) in [4.78, 5) is 0. The van der Waals surface area contributed by atoms with E-state index in [0.29, 0.717) is 6.04 Å². The lowest BCUT2D eigenvalue weighted by molar-refractivity contribution is 0.530. The van der Waals surface area contributed by atoms with Crippen LogP contribution in [0.1, 0.15) is 30.5 Å². The largest absolute Gasteiger partial charge is 0.310 e. The van der Waals surface area contributed by atoms with Crippen molar-refractivity contribution in [2.75, 3.05) is 6.54 Å². The van der Waals surface area contributed by atoms with Crippen molar-refractivity contribution in [1.82, 2.24) is 5.32 Å². The van der Waals surface area contributed by atoms with Crippen molar-refractivity contribution in [3.8, 4) is 0 Å². The number of nitrogens with one attached hydrogen (secondary N) is 1. The molecular weight excluding hydrogens is 480 g/mol. The third kappa shape index (κ3) is 4.99. The molecule has 0 fully saturated rings. The molecule has 19 heavy (non-hydrogen) atoms. The minimum atomic E-state index is 0.430. The molecule has 1 nitrogen and oxygen atoms in total. The highest BCUT2D eigenvalue weighted by Gasteiger charge is 2.13. The number of halogens is 2. The van der Waals surface area contributed by atoms with Gasteiger partial charge in [-0.3, -0.25) is 0 Å². The molecule has 1 unspecified atom stereocenters. The lowest BCUT2D eigenvalue weighted by Crippen LogP contribution is -2.23. The van der Waals surface area contributed by atoms with Gasteiger partial charge in [0.2, 0.25) is 0 Å². The van der Waals surface area contributed by atoms with E-state index in [-0.39, 0.29) is 0 Å². The maximum Gasteiger partial charge on any atom is 0.0656 e. The molecule has 2 aromatic rings. The van der Waals surface area contributed by atoms with Crippen molar-refractivity contribution in [3.05, 3.63) is 53.3 Å². The Kier molecular flexibility index (Phi) is 6.58. The molecule has 0 aliphatic rings. The van der Waals surface area contributed by atoms with E-state index >= 15 is 0 Å². The van der Waals surface area contributed by atoms with Crippen LogP contribution in [0.25, 0.3) is 0 Å². The van der Waals surface area contributed by atoms with E-state index in [9.17, 15) is 0 Å². The van der Waals surface area contributed by atoms with Crippen LogP contribution in [0.5, 0.6) is 0 Å². The summed E-state index contributed by atoms with van der Waals surface area (Å²) in [6.45, 7) is 3.29. The maximum atomic E-state index is 3.66. The SMILES string of the molecule is CCCNC(Cc1ccc(I)cc1)c1csc(I)c1. The second-order valence-electron chi connectivity index (χ2n) is 4.52. The van der Waals surface area contributed by atoms with Gasteiger partial charge >= 0.3 is 0 Å². The predicted molar refractivity (Wildman–Crippen MR) is 101 cm³/mol. The van der Waals surface area contributed by atoms with E-state index in [1.165, 1.54) is 24.0 Å². The van der Waals surface area contributed by atoms with Crippen LogP contribution >= 0.6 is 56.5 Å². The molecule has 0 spiro atoms. The summed E-state index contributed by atoms with van der Waals surface area (Å²) in [6, 6.07) is 11.6. The maximum absolute atomic E-state index is 3.66. The van der Waals surface area contributed by atoms with Crippen LogP contribution in [0.4, 0.5) is 0 Å². The van der Waals surface area contributed by atoms with Gasteiger partial charge < -0.3 is 5.32 Å². The van der Waals surface area contributed by atoms with Crippen LogP contribution in [-0.4, -0.2) is 6.54 Å². The Balaban J connectivity index is 2.11. The molecule has 1 aromatic heterocycles. The Morgan fingerprint density at radius 2 is 1.95 bits per heavy atom. The van der Waals surface area contributed by atoms with Crippen molar-refractivity contribution < 1.29 is 0 Å². The summed E-state index contributed by atoms with van der Waals surface area (Å²) in [6.07, 6.45) is 2.23. The van der Waals surface area contributed by atoms with Crippen LogP contribution in [0.3, 0.4) is 0 Å². The van der Waals surface area contributed by atoms with Crippen molar-refractivity contribution in [1.29, 1.82) is 0 Å². The van der Waals surface area contributed by atoms with Crippen LogP contribution in [0.15, 0.2) is 35.7 Å². The number of hydrogen-bond donors (Lipinski definition) is 1. The first-order valence-corrected chi connectivity index (χ1v) is 9.44. The summed E-state index contributed by atoms with van der Waals surface area (Å²) >= 11 is 6.57. The highest BCUT2D eigenvalue weighted by atomic mass is 127. The normalized spacial score (nSPS) is 12.6. The molecule has 2 rings (SSSR count). The minimum Gasteiger partial charge on any atom is -0.310 e. The fraction of sp³-hybridized carbons (Fsp3) is 0.333. The monoisotopic (exact) mass is 497 g/mol. The zero-order valence-electron chi connectivity index (χ0n) is 10.8. The molecule has 1 aromatic carbocycles. The molecule has 0 saturated carbocycles. The van der Waals surface area contributed by atoms with Gasteiger partial charge in [-0.15, -0.1) is 11.3 Å². The fourth-order valence-corrected chi connectivity index (χ4v) is 3.77. The fourth-order valence-electron chi connectivity index (χ4n) is 1.99. The highest BCUT2D eigenvalue weighted by molar-refractivity contribution is 14.1. The lowest BCUT2D eigenvalue weighted by Gasteiger charge is -2.17. The van der Waals surface area contributed by atoms with Gasteiger partial charge in [-0.25, -0.2) is 0 Å². The molecule has 1 heterocycles. The van der Waals surface area contributed by atoms with E-state index in [1.807, 2.05) is 11.3 Å². The van der Waals surface area contributed by atoms with Crippen molar-refractivity contribution in [3.63, 3.8) is 0 Å². The Morgan fingerprint density at radius 1 is 1.21 bits per heavy atom. The summed E-state index contributed by atoms with van der Waals surface area (Å²) in [5.74, 6) is 0. The van der Waals surface area contributed by atoms with E-state index in [4.69, 9.17) is 0 Å². The average molecular weight is 497 g/mol. The van der Waals surface area contributed by atoms with Gasteiger partial charge in [0.1, 0.15) is 0 Å². The average Bonchev–Trinajstić information content (AvgIpc) is 2.83. The molecule has 0 amide bonds. The van der Waals surface area contributed by atoms with Gasteiger partial charge in [-0.2, -0.15) is 0 Å². The third-order valence-electron chi connectivity index (χ3n) is 2.98. The van der Waals surface area contributed by atoms with Gasteiger partial charge in [0.15, 0.2) is 0 Å². The summed E-state index contributed by atoms with van der Waals surface area (Å²) in [5.41, 5.74) is 2.82. The highest BCUT2D eigenvalue weighted by Crippen LogP contribution is 2.25. The van der Waals surface area contributed by atoms with Crippen molar-refractivity contribution in [2.24, 2.45) is 0 Å². The van der Waals surface area contributed by atoms with Crippen LogP contribution < -0.4 is 5.32 Å². The zero-order chi connectivity index (χ0) is 13.7. The van der Waals surface area contributed by atoms with Crippen LogP contribution in [-0.2, 0) is 6.42 Å². The topological polar surface area (TPSA) is 12.0 Å². The Labute approximate surface area is 146 Å². The summed E-state index contributed by atoms with van der Waals surface area (Å²) in [7, 11) is 0. The van der Waals surface area contributed by atoms with E-state index in [0.717, 1.165) is 13.0 Å². The van der Waals surface area contributed by atoms with Gasteiger partial charge in [0, 0.05) is 9.61 Å². The van der Waals surface area contributed by atoms with Gasteiger partial charge in [0.25, 0.3) is 0 Å². The lowest BCUT2D eigenvalue weighted by atomic mass is 10.0. The standard InChI is InChI=1S/C15H17I2NS/c1-2-7-18-14(12-9-15(17)19-10-12)8-11-3-5-13(16)6-4-11/h3-6,9-10,14,18H,2,7-8H2,1H3. The van der Waals surface area contributed by atoms with E-state index in [1.54, 1.807) is 0 Å². The Morgan fingerprint density at radius 3 is 2.53 bits per heavy atom. The second kappa shape index (κ2) is 7.95. The molecular formula is C15H17I2NS. The first-order valence-electron chi connectivity index (χ1n) is 6.40. The molecule has 0 saturated heterocycles. The third-order valence-corrected chi connectivity index (χ3v) is 5.51. The second-order valence-corrected chi connectivity index (χ2v) is 8.57. The molecule has 0 radical (unpaired) electrons.